The fraction of sp³-hybridized carbons (Fsp3) is 0.294. The average molecular weight is 385 g/mol. The highest BCUT2D eigenvalue weighted by Gasteiger charge is 2.17. The van der Waals surface area contributed by atoms with Gasteiger partial charge in [-0.25, -0.2) is 13.2 Å². The summed E-state index contributed by atoms with van der Waals surface area (Å²) >= 11 is 1.52. The van der Waals surface area contributed by atoms with Gasteiger partial charge in [-0.05, 0) is 30.1 Å². The molecule has 0 saturated heterocycles. The van der Waals surface area contributed by atoms with E-state index >= 15 is 0 Å². The number of hydrogen-bond donors (Lipinski definition) is 2. The number of carbonyl (C=O) groups is 2. The minimum atomic E-state index is -1.65. The van der Waals surface area contributed by atoms with E-state index in [9.17, 15) is 22.8 Å². The van der Waals surface area contributed by atoms with Crippen LogP contribution in [0, 0.1) is 17.5 Å². The molecule has 1 aromatic heterocycles. The predicted octanol–water partition coefficient (Wildman–Crippen LogP) is 2.74. The van der Waals surface area contributed by atoms with Crippen LogP contribution in [0.3, 0.4) is 0 Å². The van der Waals surface area contributed by atoms with Gasteiger partial charge in [0.15, 0.2) is 17.5 Å². The summed E-state index contributed by atoms with van der Waals surface area (Å²) in [6.45, 7) is 2.36. The Balaban J connectivity index is 1.85. The Labute approximate surface area is 152 Å². The normalized spacial score (nSPS) is 10.8. The number of likely N-dealkylation sites (N-methyl/N-ethyl adjacent to an activating group) is 1. The van der Waals surface area contributed by atoms with Gasteiger partial charge in [0.05, 0.1) is 25.3 Å². The molecule has 26 heavy (non-hydrogen) atoms. The van der Waals surface area contributed by atoms with Crippen molar-refractivity contribution in [2.45, 2.75) is 13.5 Å². The Morgan fingerprint density at radius 1 is 1.08 bits per heavy atom. The van der Waals surface area contributed by atoms with Gasteiger partial charge in [-0.2, -0.15) is 0 Å². The molecule has 0 aliphatic carbocycles. The van der Waals surface area contributed by atoms with E-state index in [4.69, 9.17) is 0 Å². The van der Waals surface area contributed by atoms with Crippen molar-refractivity contribution >= 4 is 28.8 Å². The minimum Gasteiger partial charge on any atom is -0.350 e. The average Bonchev–Trinajstić information content (AvgIpc) is 3.13. The predicted molar refractivity (Wildman–Crippen MR) is 93.2 cm³/mol. The molecule has 1 heterocycles. The van der Waals surface area contributed by atoms with E-state index < -0.39 is 29.0 Å². The summed E-state index contributed by atoms with van der Waals surface area (Å²) in [6.07, 6.45) is 0. The molecule has 0 bridgehead atoms. The molecular weight excluding hydrogens is 367 g/mol. The Kier molecular flexibility index (Phi) is 7.16. The first kappa shape index (κ1) is 19.9. The molecule has 0 unspecified atom stereocenters. The number of anilines is 1. The lowest BCUT2D eigenvalue weighted by Gasteiger charge is -2.19. The van der Waals surface area contributed by atoms with Gasteiger partial charge in [-0.3, -0.25) is 14.5 Å². The van der Waals surface area contributed by atoms with Crippen molar-refractivity contribution in [1.82, 2.24) is 10.2 Å². The molecule has 2 aromatic rings. The van der Waals surface area contributed by atoms with Crippen LogP contribution in [0.2, 0.25) is 0 Å². The lowest BCUT2D eigenvalue weighted by Crippen LogP contribution is -2.40. The molecule has 0 aliphatic rings. The molecule has 0 radical (unpaired) electrons. The fourth-order valence-corrected chi connectivity index (χ4v) is 2.80. The standard InChI is InChI=1S/C17H18F3N3O2S/c1-2-23(9-14(24)21-8-11-4-3-7-26-11)10-15(25)22-13-6-5-12(18)16(19)17(13)20/h3-7H,2,8-10H2,1H3,(H,21,24)(H,22,25). The maximum atomic E-state index is 13.6. The third kappa shape index (κ3) is 5.57. The molecule has 9 heteroatoms. The molecule has 2 amide bonds. The van der Waals surface area contributed by atoms with Gasteiger partial charge < -0.3 is 10.6 Å². The highest BCUT2D eigenvalue weighted by molar-refractivity contribution is 7.09. The SMILES string of the molecule is CCN(CC(=O)NCc1cccs1)CC(=O)Nc1ccc(F)c(F)c1F. The van der Waals surface area contributed by atoms with E-state index in [1.54, 1.807) is 6.92 Å². The zero-order valence-electron chi connectivity index (χ0n) is 14.0. The number of benzene rings is 1. The van der Waals surface area contributed by atoms with Crippen LogP contribution in [0.4, 0.5) is 18.9 Å². The number of carbonyl (C=O) groups excluding carboxylic acids is 2. The van der Waals surface area contributed by atoms with E-state index in [0.29, 0.717) is 13.1 Å². The van der Waals surface area contributed by atoms with Crippen LogP contribution in [0.15, 0.2) is 29.6 Å². The van der Waals surface area contributed by atoms with Gasteiger partial charge in [-0.1, -0.05) is 13.0 Å². The molecule has 0 spiro atoms. The summed E-state index contributed by atoms with van der Waals surface area (Å²) in [5, 5.41) is 6.83. The van der Waals surface area contributed by atoms with Crippen LogP contribution in [0.25, 0.3) is 0 Å². The second kappa shape index (κ2) is 9.35. The van der Waals surface area contributed by atoms with Gasteiger partial charge in [-0.15, -0.1) is 11.3 Å². The smallest absolute Gasteiger partial charge is 0.238 e. The number of halogens is 3. The van der Waals surface area contributed by atoms with E-state index in [-0.39, 0.29) is 19.0 Å². The molecule has 2 rings (SSSR count). The van der Waals surface area contributed by atoms with Gasteiger partial charge in [0.2, 0.25) is 11.8 Å². The van der Waals surface area contributed by atoms with Crippen molar-refractivity contribution in [3.05, 3.63) is 52.0 Å². The van der Waals surface area contributed by atoms with E-state index in [0.717, 1.165) is 17.0 Å². The number of rotatable bonds is 8. The van der Waals surface area contributed by atoms with Crippen LogP contribution in [0.1, 0.15) is 11.8 Å². The van der Waals surface area contributed by atoms with Gasteiger partial charge in [0, 0.05) is 4.88 Å². The summed E-state index contributed by atoms with van der Waals surface area (Å²) in [5.41, 5.74) is -0.452. The lowest BCUT2D eigenvalue weighted by atomic mass is 10.2. The van der Waals surface area contributed by atoms with Crippen LogP contribution >= 0.6 is 11.3 Å². The second-order valence-electron chi connectivity index (χ2n) is 5.43. The quantitative estimate of drug-likeness (QED) is 0.687. The molecule has 0 aliphatic heterocycles. The van der Waals surface area contributed by atoms with Gasteiger partial charge >= 0.3 is 0 Å². The summed E-state index contributed by atoms with van der Waals surface area (Å²) in [4.78, 5) is 26.5. The third-order valence-corrected chi connectivity index (χ3v) is 4.41. The Morgan fingerprint density at radius 2 is 1.81 bits per heavy atom. The first-order valence-corrected chi connectivity index (χ1v) is 8.73. The Bertz CT molecular complexity index is 769. The van der Waals surface area contributed by atoms with E-state index in [1.165, 1.54) is 16.2 Å². The maximum Gasteiger partial charge on any atom is 0.238 e. The molecular formula is C17H18F3N3O2S. The number of thiophene rings is 1. The highest BCUT2D eigenvalue weighted by atomic mass is 32.1. The summed E-state index contributed by atoms with van der Waals surface area (Å²) in [5.74, 6) is -5.34. The molecule has 2 N–H and O–H groups in total. The number of nitrogens with zero attached hydrogens (tertiary/aromatic N) is 1. The topological polar surface area (TPSA) is 61.4 Å². The van der Waals surface area contributed by atoms with Gasteiger partial charge in [0.25, 0.3) is 0 Å². The molecule has 0 atom stereocenters. The summed E-state index contributed by atoms with van der Waals surface area (Å²) in [6, 6.07) is 5.44. The lowest BCUT2D eigenvalue weighted by molar-refractivity contribution is -0.123. The monoisotopic (exact) mass is 385 g/mol. The Morgan fingerprint density at radius 3 is 2.46 bits per heavy atom. The number of nitrogens with one attached hydrogen (secondary N) is 2. The van der Waals surface area contributed by atoms with Crippen molar-refractivity contribution in [2.75, 3.05) is 25.0 Å². The zero-order valence-corrected chi connectivity index (χ0v) is 14.8. The summed E-state index contributed by atoms with van der Waals surface area (Å²) in [7, 11) is 0. The highest BCUT2D eigenvalue weighted by Crippen LogP contribution is 2.19. The first-order valence-electron chi connectivity index (χ1n) is 7.85. The largest absolute Gasteiger partial charge is 0.350 e. The van der Waals surface area contributed by atoms with Crippen LogP contribution < -0.4 is 10.6 Å². The van der Waals surface area contributed by atoms with E-state index in [1.807, 2.05) is 17.5 Å². The number of amides is 2. The molecule has 140 valence electrons. The second-order valence-corrected chi connectivity index (χ2v) is 6.46. The van der Waals surface area contributed by atoms with Crippen molar-refractivity contribution in [2.24, 2.45) is 0 Å². The molecule has 0 saturated carbocycles. The Hall–Kier alpha value is -2.39. The minimum absolute atomic E-state index is 0.0183. The fourth-order valence-electron chi connectivity index (χ4n) is 2.15. The van der Waals surface area contributed by atoms with Crippen molar-refractivity contribution in [3.63, 3.8) is 0 Å². The van der Waals surface area contributed by atoms with Gasteiger partial charge in [0.1, 0.15) is 0 Å². The molecule has 0 fully saturated rings. The summed E-state index contributed by atoms with van der Waals surface area (Å²) < 4.78 is 39.7. The number of hydrogen-bond acceptors (Lipinski definition) is 4. The van der Waals surface area contributed by atoms with Crippen molar-refractivity contribution in [3.8, 4) is 0 Å². The van der Waals surface area contributed by atoms with Crippen molar-refractivity contribution in [1.29, 1.82) is 0 Å². The maximum absolute atomic E-state index is 13.6. The zero-order chi connectivity index (χ0) is 19.1. The molecule has 5 nitrogen and oxygen atoms in total. The third-order valence-electron chi connectivity index (χ3n) is 3.53. The van der Waals surface area contributed by atoms with E-state index in [2.05, 4.69) is 10.6 Å². The van der Waals surface area contributed by atoms with Crippen LogP contribution in [-0.2, 0) is 16.1 Å². The van der Waals surface area contributed by atoms with Crippen molar-refractivity contribution < 1.29 is 22.8 Å². The van der Waals surface area contributed by atoms with Crippen LogP contribution in [0.5, 0.6) is 0 Å². The molecule has 1 aromatic carbocycles. The first-order chi connectivity index (χ1) is 12.4. The van der Waals surface area contributed by atoms with Crippen LogP contribution in [-0.4, -0.2) is 36.3 Å².